The average molecular weight is 478 g/mol. The van der Waals surface area contributed by atoms with Crippen LogP contribution in [-0.2, 0) is 0 Å². The van der Waals surface area contributed by atoms with Crippen LogP contribution in [0.1, 0.15) is 60.4 Å². The van der Waals surface area contributed by atoms with Crippen LogP contribution in [-0.4, -0.2) is 70.6 Å². The van der Waals surface area contributed by atoms with Crippen molar-refractivity contribution >= 4 is 11.8 Å². The van der Waals surface area contributed by atoms with Gasteiger partial charge in [-0.25, -0.2) is 4.98 Å². The minimum Gasteiger partial charge on any atom is -0.472 e. The molecule has 2 aromatic rings. The fourth-order valence-electron chi connectivity index (χ4n) is 3.90. The Labute approximate surface area is 208 Å². The molecule has 0 fully saturated rings. The molecule has 7 nitrogen and oxygen atoms in total. The van der Waals surface area contributed by atoms with Crippen LogP contribution in [0, 0.1) is 23.7 Å². The highest BCUT2D eigenvalue weighted by atomic mass is 16.5. The highest BCUT2D eigenvalue weighted by molar-refractivity contribution is 5.97. The van der Waals surface area contributed by atoms with Crippen molar-refractivity contribution in [3.05, 3.63) is 59.3 Å². The first-order valence-electron chi connectivity index (χ1n) is 12.1. The molecule has 35 heavy (non-hydrogen) atoms. The molecule has 186 valence electrons. The summed E-state index contributed by atoms with van der Waals surface area (Å²) in [5, 5.41) is 9.82. The summed E-state index contributed by atoms with van der Waals surface area (Å²) in [6, 6.07) is 10.4. The molecule has 3 rings (SSSR count). The van der Waals surface area contributed by atoms with Crippen molar-refractivity contribution in [2.75, 3.05) is 26.7 Å². The number of carbonyl (C=O) groups is 2. The Morgan fingerprint density at radius 1 is 1.29 bits per heavy atom. The van der Waals surface area contributed by atoms with Crippen LogP contribution in [0.2, 0.25) is 0 Å². The lowest BCUT2D eigenvalue weighted by Gasteiger charge is -2.37. The first kappa shape index (κ1) is 26.2. The van der Waals surface area contributed by atoms with E-state index >= 15 is 0 Å². The molecule has 1 aromatic heterocycles. The monoisotopic (exact) mass is 477 g/mol. The summed E-state index contributed by atoms with van der Waals surface area (Å²) in [7, 11) is 1.74. The summed E-state index contributed by atoms with van der Waals surface area (Å²) < 4.78 is 6.27. The van der Waals surface area contributed by atoms with Gasteiger partial charge in [0, 0.05) is 43.3 Å². The lowest BCUT2D eigenvalue weighted by molar-refractivity contribution is 0.0313. The highest BCUT2D eigenvalue weighted by Crippen LogP contribution is 2.27. The zero-order valence-corrected chi connectivity index (χ0v) is 21.2. The topological polar surface area (TPSA) is 83.0 Å². The van der Waals surface area contributed by atoms with Crippen molar-refractivity contribution < 1.29 is 19.4 Å². The Morgan fingerprint density at radius 2 is 2.00 bits per heavy atom. The number of nitrogens with zero attached hydrogens (tertiary/aromatic N) is 3. The van der Waals surface area contributed by atoms with Crippen molar-refractivity contribution in [3.63, 3.8) is 0 Å². The number of amides is 2. The van der Waals surface area contributed by atoms with E-state index < -0.39 is 6.10 Å². The maximum absolute atomic E-state index is 13.5. The van der Waals surface area contributed by atoms with Crippen molar-refractivity contribution in [3.8, 4) is 17.7 Å². The van der Waals surface area contributed by atoms with Gasteiger partial charge in [0.1, 0.15) is 11.7 Å². The van der Waals surface area contributed by atoms with Crippen LogP contribution in [0.25, 0.3) is 0 Å². The van der Waals surface area contributed by atoms with Crippen LogP contribution >= 0.6 is 0 Å². The van der Waals surface area contributed by atoms with Gasteiger partial charge in [-0.05, 0) is 31.0 Å². The molecule has 1 aliphatic heterocycles. The van der Waals surface area contributed by atoms with Gasteiger partial charge in [0.15, 0.2) is 0 Å². The molecule has 0 unspecified atom stereocenters. The van der Waals surface area contributed by atoms with Gasteiger partial charge in [-0.1, -0.05) is 50.8 Å². The molecule has 0 bridgehead atoms. The van der Waals surface area contributed by atoms with Crippen molar-refractivity contribution in [2.24, 2.45) is 11.8 Å². The second kappa shape index (κ2) is 11.9. The Bertz CT molecular complexity index is 1090. The van der Waals surface area contributed by atoms with E-state index in [2.05, 4.69) is 30.7 Å². The Morgan fingerprint density at radius 3 is 2.66 bits per heavy atom. The van der Waals surface area contributed by atoms with Gasteiger partial charge in [0.05, 0.1) is 19.2 Å². The first-order chi connectivity index (χ1) is 16.7. The molecule has 0 radical (unpaired) electrons. The van der Waals surface area contributed by atoms with Gasteiger partial charge in [0.25, 0.3) is 11.8 Å². The summed E-state index contributed by atoms with van der Waals surface area (Å²) in [6.45, 7) is 8.52. The van der Waals surface area contributed by atoms with Crippen LogP contribution in [0.15, 0.2) is 42.6 Å². The number of likely N-dealkylation sites (N-methyl/N-ethyl adjacent to an activating group) is 1. The predicted molar refractivity (Wildman–Crippen MR) is 135 cm³/mol. The second-order valence-corrected chi connectivity index (χ2v) is 9.65. The van der Waals surface area contributed by atoms with Gasteiger partial charge < -0.3 is 19.6 Å². The zero-order chi connectivity index (χ0) is 25.5. The Balaban J connectivity index is 1.93. The van der Waals surface area contributed by atoms with Crippen molar-refractivity contribution in [1.29, 1.82) is 0 Å². The Hall–Kier alpha value is -3.37. The maximum Gasteiger partial charge on any atom is 0.259 e. The number of aromatic nitrogens is 1. The van der Waals surface area contributed by atoms with Gasteiger partial charge in [-0.3, -0.25) is 9.59 Å². The van der Waals surface area contributed by atoms with Crippen LogP contribution in [0.4, 0.5) is 0 Å². The summed E-state index contributed by atoms with van der Waals surface area (Å²) in [4.78, 5) is 34.1. The summed E-state index contributed by atoms with van der Waals surface area (Å²) in [5.41, 5.74) is 1.55. The quantitative estimate of drug-likeness (QED) is 0.644. The van der Waals surface area contributed by atoms with Crippen molar-refractivity contribution in [1.82, 2.24) is 14.8 Å². The molecule has 1 N–H and O–H groups in total. The molecule has 0 spiro atoms. The number of hydrogen-bond acceptors (Lipinski definition) is 5. The molecular weight excluding hydrogens is 442 g/mol. The highest BCUT2D eigenvalue weighted by Gasteiger charge is 2.34. The molecule has 7 heteroatoms. The minimum absolute atomic E-state index is 0.107. The van der Waals surface area contributed by atoms with E-state index in [9.17, 15) is 14.7 Å². The minimum atomic E-state index is -0.404. The van der Waals surface area contributed by atoms with E-state index in [1.54, 1.807) is 41.2 Å². The molecule has 0 aliphatic carbocycles. The van der Waals surface area contributed by atoms with Gasteiger partial charge >= 0.3 is 0 Å². The van der Waals surface area contributed by atoms with Crippen molar-refractivity contribution in [2.45, 2.75) is 46.3 Å². The lowest BCUT2D eigenvalue weighted by atomic mass is 9.99. The van der Waals surface area contributed by atoms with Crippen LogP contribution < -0.4 is 4.74 Å². The summed E-state index contributed by atoms with van der Waals surface area (Å²) >= 11 is 0. The predicted octanol–water partition coefficient (Wildman–Crippen LogP) is 3.47. The third-order valence-corrected chi connectivity index (χ3v) is 6.09. The van der Waals surface area contributed by atoms with Gasteiger partial charge in [-0.2, -0.15) is 0 Å². The van der Waals surface area contributed by atoms with E-state index in [1.165, 1.54) is 0 Å². The van der Waals surface area contributed by atoms with E-state index in [-0.39, 0.29) is 36.3 Å². The van der Waals surface area contributed by atoms with E-state index in [4.69, 9.17) is 4.74 Å². The number of carbonyl (C=O) groups excluding carboxylic acids is 2. The third kappa shape index (κ3) is 6.61. The van der Waals surface area contributed by atoms with E-state index in [0.717, 1.165) is 6.42 Å². The number of aliphatic hydroxyl groups excluding tert-OH is 1. The normalized spacial score (nSPS) is 18.5. The average Bonchev–Trinajstić information content (AvgIpc) is 2.85. The third-order valence-electron chi connectivity index (χ3n) is 6.09. The molecule has 2 amide bonds. The molecule has 0 saturated heterocycles. The number of pyridine rings is 1. The second-order valence-electron chi connectivity index (χ2n) is 9.65. The fraction of sp³-hybridized carbons (Fsp3) is 0.464. The Kier molecular flexibility index (Phi) is 8.89. The van der Waals surface area contributed by atoms with Crippen LogP contribution in [0.3, 0.4) is 0 Å². The van der Waals surface area contributed by atoms with E-state index in [1.807, 2.05) is 32.0 Å². The van der Waals surface area contributed by atoms with Crippen LogP contribution in [0.5, 0.6) is 5.88 Å². The number of rotatable bonds is 6. The molecule has 1 aromatic carbocycles. The first-order valence-corrected chi connectivity index (χ1v) is 12.1. The number of hydrogen-bond donors (Lipinski definition) is 1. The number of fused-ring (bicyclic) bond motifs is 1. The number of aliphatic hydroxyl groups is 1. The standard InChI is InChI=1S/C28H35N3O4/c1-19(2)10-9-11-22-14-24-26(29-15-22)35-25(20(3)16-31(28(24)34)21(4)18-32)17-30(5)27(33)23-12-7-6-8-13-23/h6-8,12-15,19-21,25,32H,10,16-18H2,1-5H3/t20-,21+,25-/m0/s1. The van der Waals surface area contributed by atoms with Gasteiger partial charge in [0.2, 0.25) is 5.88 Å². The largest absolute Gasteiger partial charge is 0.472 e. The maximum atomic E-state index is 13.5. The smallest absolute Gasteiger partial charge is 0.259 e. The molecule has 2 heterocycles. The summed E-state index contributed by atoms with van der Waals surface area (Å²) in [6.07, 6.45) is 1.95. The van der Waals surface area contributed by atoms with E-state index in [0.29, 0.717) is 35.7 Å². The molecule has 0 saturated carbocycles. The molecular formula is C28H35N3O4. The summed E-state index contributed by atoms with van der Waals surface area (Å²) in [5.74, 6) is 6.41. The molecule has 1 aliphatic rings. The SMILES string of the molecule is CC(C)CC#Cc1cnc2c(c1)C(=O)N([C@H](C)CO)C[C@H](C)[C@H](CN(C)C(=O)c1ccccc1)O2. The number of benzene rings is 1. The number of ether oxygens (including phenoxy) is 1. The van der Waals surface area contributed by atoms with Gasteiger partial charge in [-0.15, -0.1) is 0 Å². The molecule has 3 atom stereocenters. The fourth-order valence-corrected chi connectivity index (χ4v) is 3.90. The lowest BCUT2D eigenvalue weighted by Crippen LogP contribution is -2.50. The zero-order valence-electron chi connectivity index (χ0n) is 21.2.